The molecule has 0 spiro atoms. The van der Waals surface area contributed by atoms with Gasteiger partial charge in [0.2, 0.25) is 0 Å². The minimum absolute atomic E-state index is 0.0206. The zero-order chi connectivity index (χ0) is 14.8. The van der Waals surface area contributed by atoms with E-state index in [0.29, 0.717) is 16.9 Å². The molecule has 0 aromatic heterocycles. The number of hydrogen-bond donors (Lipinski definition) is 1. The fourth-order valence-electron chi connectivity index (χ4n) is 1.83. The lowest BCUT2D eigenvalue weighted by Crippen LogP contribution is -2.12. The van der Waals surface area contributed by atoms with Crippen molar-refractivity contribution in [1.29, 1.82) is 0 Å². The Morgan fingerprint density at radius 3 is 2.37 bits per heavy atom. The minimum Gasteiger partial charge on any atom is -0.496 e. The van der Waals surface area contributed by atoms with E-state index in [0.717, 1.165) is 17.3 Å². The third-order valence-electron chi connectivity index (χ3n) is 2.88. The normalized spacial score (nSPS) is 12.6. The summed E-state index contributed by atoms with van der Waals surface area (Å²) in [5.41, 5.74) is 7.51. The van der Waals surface area contributed by atoms with E-state index in [4.69, 9.17) is 10.5 Å². The first kappa shape index (κ1) is 15.8. The van der Waals surface area contributed by atoms with Gasteiger partial charge in [0.05, 0.1) is 12.0 Å². The van der Waals surface area contributed by atoms with Gasteiger partial charge in [-0.05, 0) is 49.8 Å². The van der Waals surface area contributed by atoms with Crippen LogP contribution in [0.5, 0.6) is 5.75 Å². The highest BCUT2D eigenvalue weighted by molar-refractivity contribution is 8.13. The number of methoxy groups -OCH3 is 1. The summed E-state index contributed by atoms with van der Waals surface area (Å²) >= 11 is 1.09. The molecule has 5 nitrogen and oxygen atoms in total. The van der Waals surface area contributed by atoms with Gasteiger partial charge in [0, 0.05) is 0 Å². The molecule has 1 rings (SSSR count). The number of hydrogen-bond acceptors (Lipinski definition) is 4. The Morgan fingerprint density at radius 2 is 1.89 bits per heavy atom. The number of amidine groups is 1. The van der Waals surface area contributed by atoms with Crippen molar-refractivity contribution in [2.75, 3.05) is 13.4 Å². The van der Waals surface area contributed by atoms with Gasteiger partial charge in [-0.25, -0.2) is 0 Å². The molecule has 0 unspecified atom stereocenters. The molecule has 1 aromatic rings. The van der Waals surface area contributed by atoms with E-state index in [2.05, 4.69) is 4.40 Å². The number of sulfonamides is 1. The number of ether oxygens (including phenoxy) is 1. The van der Waals surface area contributed by atoms with Gasteiger partial charge in [0.1, 0.15) is 5.75 Å². The van der Waals surface area contributed by atoms with Crippen LogP contribution in [-0.4, -0.2) is 27.0 Å². The van der Waals surface area contributed by atoms with E-state index >= 15 is 0 Å². The molecule has 0 radical (unpaired) electrons. The summed E-state index contributed by atoms with van der Waals surface area (Å²) in [5.74, 6) is 0.663. The van der Waals surface area contributed by atoms with Crippen LogP contribution >= 0.6 is 11.8 Å². The molecule has 0 saturated heterocycles. The maximum absolute atomic E-state index is 12.3. The van der Waals surface area contributed by atoms with E-state index in [1.54, 1.807) is 33.3 Å². The fraction of sp³-hybridized carbons (Fsp3) is 0.417. The van der Waals surface area contributed by atoms with Crippen LogP contribution in [0.1, 0.15) is 16.7 Å². The molecule has 1 aromatic carbocycles. The first-order valence-electron chi connectivity index (χ1n) is 5.53. The third-order valence-corrected chi connectivity index (χ3v) is 5.08. The van der Waals surface area contributed by atoms with Crippen LogP contribution in [0.3, 0.4) is 0 Å². The molecule has 0 amide bonds. The number of nitrogens with zero attached hydrogens (tertiary/aromatic N) is 1. The van der Waals surface area contributed by atoms with Gasteiger partial charge in [0.25, 0.3) is 10.0 Å². The topological polar surface area (TPSA) is 81.8 Å². The van der Waals surface area contributed by atoms with Crippen molar-refractivity contribution in [2.24, 2.45) is 10.1 Å². The number of nitrogens with two attached hydrogens (primary N) is 1. The van der Waals surface area contributed by atoms with Crippen molar-refractivity contribution >= 4 is 27.0 Å². The summed E-state index contributed by atoms with van der Waals surface area (Å²) in [4.78, 5) is 0.197. The second kappa shape index (κ2) is 5.83. The van der Waals surface area contributed by atoms with Crippen LogP contribution < -0.4 is 10.5 Å². The van der Waals surface area contributed by atoms with Crippen LogP contribution in [-0.2, 0) is 10.0 Å². The summed E-state index contributed by atoms with van der Waals surface area (Å²) in [5, 5.41) is 0.0206. The standard InChI is InChI=1S/C12H18N2O3S2/c1-7-6-10(17-4)8(2)9(3)11(7)19(15,16)14-12(13)18-5/h6H,1-5H3,(H2,13,14). The predicted molar refractivity (Wildman–Crippen MR) is 79.5 cm³/mol. The van der Waals surface area contributed by atoms with Gasteiger partial charge in [-0.15, -0.1) is 4.40 Å². The molecule has 0 heterocycles. The van der Waals surface area contributed by atoms with E-state index in [9.17, 15) is 8.42 Å². The van der Waals surface area contributed by atoms with Gasteiger partial charge in [-0.3, -0.25) is 0 Å². The third kappa shape index (κ3) is 3.22. The number of thioether (sulfide) groups is 1. The van der Waals surface area contributed by atoms with E-state index in [1.165, 1.54) is 0 Å². The molecule has 2 N–H and O–H groups in total. The number of rotatable bonds is 3. The lowest BCUT2D eigenvalue weighted by molar-refractivity contribution is 0.410. The number of aryl methyl sites for hydroxylation is 1. The van der Waals surface area contributed by atoms with Gasteiger partial charge >= 0.3 is 0 Å². The molecule has 19 heavy (non-hydrogen) atoms. The Morgan fingerprint density at radius 1 is 1.32 bits per heavy atom. The highest BCUT2D eigenvalue weighted by atomic mass is 32.2. The maximum Gasteiger partial charge on any atom is 0.285 e. The zero-order valence-corrected chi connectivity index (χ0v) is 13.3. The molecule has 0 aliphatic heterocycles. The first-order chi connectivity index (χ1) is 8.74. The molecule has 0 fully saturated rings. The molecule has 0 aliphatic carbocycles. The molecule has 0 atom stereocenters. The average Bonchev–Trinajstić information content (AvgIpc) is 2.32. The summed E-state index contributed by atoms with van der Waals surface area (Å²) in [6, 6.07) is 1.69. The van der Waals surface area contributed by atoms with E-state index in [-0.39, 0.29) is 10.1 Å². The summed E-state index contributed by atoms with van der Waals surface area (Å²) < 4.78 is 33.4. The van der Waals surface area contributed by atoms with Crippen molar-refractivity contribution < 1.29 is 13.2 Å². The van der Waals surface area contributed by atoms with E-state index in [1.807, 2.05) is 6.92 Å². The summed E-state index contributed by atoms with van der Waals surface area (Å²) in [6.45, 7) is 5.27. The van der Waals surface area contributed by atoms with Crippen LogP contribution in [0.4, 0.5) is 0 Å². The second-order valence-corrected chi connectivity index (χ2v) is 6.45. The van der Waals surface area contributed by atoms with Crippen LogP contribution in [0, 0.1) is 20.8 Å². The van der Waals surface area contributed by atoms with Gasteiger partial charge in [-0.2, -0.15) is 8.42 Å². The molecular weight excluding hydrogens is 284 g/mol. The lowest BCUT2D eigenvalue weighted by atomic mass is 10.1. The van der Waals surface area contributed by atoms with E-state index < -0.39 is 10.0 Å². The first-order valence-corrected chi connectivity index (χ1v) is 8.20. The molecule has 0 aliphatic rings. The minimum atomic E-state index is -3.79. The molecule has 7 heteroatoms. The Balaban J connectivity index is 3.57. The van der Waals surface area contributed by atoms with Crippen LogP contribution in [0.15, 0.2) is 15.4 Å². The van der Waals surface area contributed by atoms with Crippen molar-refractivity contribution in [2.45, 2.75) is 25.7 Å². The summed E-state index contributed by atoms with van der Waals surface area (Å²) in [6.07, 6.45) is 1.67. The second-order valence-electron chi connectivity index (χ2n) is 4.08. The van der Waals surface area contributed by atoms with Crippen LogP contribution in [0.25, 0.3) is 0 Å². The number of benzene rings is 1. The van der Waals surface area contributed by atoms with Crippen LogP contribution in [0.2, 0.25) is 0 Å². The molecular formula is C12H18N2O3S2. The van der Waals surface area contributed by atoms with Crippen molar-refractivity contribution in [1.82, 2.24) is 0 Å². The molecule has 0 saturated carbocycles. The van der Waals surface area contributed by atoms with Crippen molar-refractivity contribution in [3.05, 3.63) is 22.8 Å². The predicted octanol–water partition coefficient (Wildman–Crippen LogP) is 1.99. The summed E-state index contributed by atoms with van der Waals surface area (Å²) in [7, 11) is -2.24. The SMILES string of the molecule is COc1cc(C)c(S(=O)(=O)/N=C(/N)SC)c(C)c1C. The monoisotopic (exact) mass is 302 g/mol. The quantitative estimate of drug-likeness (QED) is 0.682. The largest absolute Gasteiger partial charge is 0.496 e. The van der Waals surface area contributed by atoms with Gasteiger partial charge in [0.15, 0.2) is 5.17 Å². The Labute approximate surface area is 118 Å². The maximum atomic E-state index is 12.3. The molecule has 106 valence electrons. The van der Waals surface area contributed by atoms with Crippen molar-refractivity contribution in [3.63, 3.8) is 0 Å². The Kier molecular flexibility index (Phi) is 4.86. The lowest BCUT2D eigenvalue weighted by Gasteiger charge is -2.14. The average molecular weight is 302 g/mol. The van der Waals surface area contributed by atoms with Gasteiger partial charge < -0.3 is 10.5 Å². The van der Waals surface area contributed by atoms with Gasteiger partial charge in [-0.1, -0.05) is 11.8 Å². The highest BCUT2D eigenvalue weighted by Gasteiger charge is 2.22. The molecule has 0 bridgehead atoms. The Hall–Kier alpha value is -1.21. The van der Waals surface area contributed by atoms with Crippen molar-refractivity contribution in [3.8, 4) is 5.75 Å². The highest BCUT2D eigenvalue weighted by Crippen LogP contribution is 2.31. The smallest absolute Gasteiger partial charge is 0.285 e. The Bertz CT molecular complexity index is 622. The zero-order valence-electron chi connectivity index (χ0n) is 11.6. The fourth-order valence-corrected chi connectivity index (χ4v) is 3.76.